The lowest BCUT2D eigenvalue weighted by Crippen LogP contribution is -2.36. The molecule has 2 heteroatoms. The first-order chi connectivity index (χ1) is 6.33. The quantitative estimate of drug-likeness (QED) is 0.643. The second-order valence-electron chi connectivity index (χ2n) is 4.21. The maximum absolute atomic E-state index is 2.61. The third-order valence-corrected chi connectivity index (χ3v) is 2.85. The van der Waals surface area contributed by atoms with E-state index in [4.69, 9.17) is 0 Å². The van der Waals surface area contributed by atoms with Crippen LogP contribution in [0.4, 0.5) is 0 Å². The van der Waals surface area contributed by atoms with Crippen LogP contribution in [-0.2, 0) is 0 Å². The van der Waals surface area contributed by atoms with Gasteiger partial charge in [0.15, 0.2) is 0 Å². The first-order valence-electron chi connectivity index (χ1n) is 5.74. The molecule has 1 fully saturated rings. The molecule has 0 saturated carbocycles. The van der Waals surface area contributed by atoms with Gasteiger partial charge in [0.05, 0.1) is 0 Å². The van der Waals surface area contributed by atoms with Crippen molar-refractivity contribution >= 4 is 0 Å². The topological polar surface area (TPSA) is 6.48 Å². The molecule has 1 saturated heterocycles. The molecule has 0 radical (unpaired) electrons. The molecule has 0 N–H and O–H groups in total. The summed E-state index contributed by atoms with van der Waals surface area (Å²) < 4.78 is 0. The smallest absolute Gasteiger partial charge is 0.0109 e. The lowest BCUT2D eigenvalue weighted by Gasteiger charge is -2.28. The molecule has 2 nitrogen and oxygen atoms in total. The number of nitrogens with zero attached hydrogens (tertiary/aromatic N) is 2. The SMILES string of the molecule is CCCN(C)CCN1CCCCC1. The molecule has 13 heavy (non-hydrogen) atoms. The first-order valence-corrected chi connectivity index (χ1v) is 5.74. The molecule has 0 spiro atoms. The third kappa shape index (κ3) is 4.63. The summed E-state index contributed by atoms with van der Waals surface area (Å²) in [5.74, 6) is 0. The fourth-order valence-corrected chi connectivity index (χ4v) is 1.99. The zero-order valence-electron chi connectivity index (χ0n) is 9.26. The van der Waals surface area contributed by atoms with Crippen LogP contribution in [0.3, 0.4) is 0 Å². The highest BCUT2D eigenvalue weighted by atomic mass is 15.2. The molecule has 1 aliphatic heterocycles. The molecule has 0 aromatic rings. The number of likely N-dealkylation sites (N-methyl/N-ethyl adjacent to an activating group) is 1. The minimum Gasteiger partial charge on any atom is -0.305 e. The zero-order chi connectivity index (χ0) is 9.52. The van der Waals surface area contributed by atoms with Crippen molar-refractivity contribution in [2.75, 3.05) is 39.8 Å². The van der Waals surface area contributed by atoms with Gasteiger partial charge in [0.1, 0.15) is 0 Å². The number of rotatable bonds is 5. The number of likely N-dealkylation sites (tertiary alicyclic amines) is 1. The Hall–Kier alpha value is -0.0800. The highest BCUT2D eigenvalue weighted by Gasteiger charge is 2.09. The average Bonchev–Trinajstić information content (AvgIpc) is 2.17. The Morgan fingerprint density at radius 2 is 1.77 bits per heavy atom. The molecule has 1 rings (SSSR count). The van der Waals surface area contributed by atoms with Crippen LogP contribution >= 0.6 is 0 Å². The highest BCUT2D eigenvalue weighted by molar-refractivity contribution is 4.65. The van der Waals surface area contributed by atoms with Gasteiger partial charge in [0.25, 0.3) is 0 Å². The zero-order valence-corrected chi connectivity index (χ0v) is 9.26. The van der Waals surface area contributed by atoms with E-state index in [9.17, 15) is 0 Å². The van der Waals surface area contributed by atoms with Gasteiger partial charge in [0, 0.05) is 13.1 Å². The lowest BCUT2D eigenvalue weighted by atomic mass is 10.1. The van der Waals surface area contributed by atoms with Crippen molar-refractivity contribution in [1.82, 2.24) is 9.80 Å². The summed E-state index contributed by atoms with van der Waals surface area (Å²) in [6.07, 6.45) is 5.55. The largest absolute Gasteiger partial charge is 0.305 e. The summed E-state index contributed by atoms with van der Waals surface area (Å²) in [4.78, 5) is 5.05. The normalized spacial score (nSPS) is 19.6. The molecule has 1 heterocycles. The van der Waals surface area contributed by atoms with Crippen molar-refractivity contribution in [2.45, 2.75) is 32.6 Å². The van der Waals surface area contributed by atoms with Gasteiger partial charge in [-0.25, -0.2) is 0 Å². The molecule has 0 unspecified atom stereocenters. The van der Waals surface area contributed by atoms with E-state index in [1.165, 1.54) is 58.4 Å². The molecular formula is C11H24N2. The van der Waals surface area contributed by atoms with Crippen LogP contribution in [0.2, 0.25) is 0 Å². The fourth-order valence-electron chi connectivity index (χ4n) is 1.99. The molecule has 0 aromatic carbocycles. The fraction of sp³-hybridized carbons (Fsp3) is 1.00. The maximum atomic E-state index is 2.61. The summed E-state index contributed by atoms with van der Waals surface area (Å²) >= 11 is 0. The van der Waals surface area contributed by atoms with Gasteiger partial charge in [-0.3, -0.25) is 0 Å². The summed E-state index contributed by atoms with van der Waals surface area (Å²) in [6.45, 7) is 8.68. The minimum atomic E-state index is 1.24. The van der Waals surface area contributed by atoms with Crippen LogP contribution < -0.4 is 0 Å². The van der Waals surface area contributed by atoms with Crippen LogP contribution in [0.25, 0.3) is 0 Å². The van der Waals surface area contributed by atoms with Gasteiger partial charge < -0.3 is 9.80 Å². The summed E-state index contributed by atoms with van der Waals surface area (Å²) in [6, 6.07) is 0. The predicted molar refractivity (Wildman–Crippen MR) is 58.1 cm³/mol. The predicted octanol–water partition coefficient (Wildman–Crippen LogP) is 1.81. The van der Waals surface area contributed by atoms with Crippen LogP contribution in [0.15, 0.2) is 0 Å². The second kappa shape index (κ2) is 6.39. The highest BCUT2D eigenvalue weighted by Crippen LogP contribution is 2.07. The van der Waals surface area contributed by atoms with Crippen molar-refractivity contribution in [3.8, 4) is 0 Å². The van der Waals surface area contributed by atoms with Crippen molar-refractivity contribution in [2.24, 2.45) is 0 Å². The van der Waals surface area contributed by atoms with Gasteiger partial charge in [0.2, 0.25) is 0 Å². The summed E-state index contributed by atoms with van der Waals surface area (Å²) in [5, 5.41) is 0. The van der Waals surface area contributed by atoms with Crippen LogP contribution in [0.5, 0.6) is 0 Å². The molecule has 0 atom stereocenters. The van der Waals surface area contributed by atoms with Gasteiger partial charge in [-0.1, -0.05) is 13.3 Å². The van der Waals surface area contributed by atoms with Crippen LogP contribution in [-0.4, -0.2) is 49.6 Å². The molecule has 0 aliphatic carbocycles. The average molecular weight is 184 g/mol. The van der Waals surface area contributed by atoms with E-state index < -0.39 is 0 Å². The van der Waals surface area contributed by atoms with Crippen molar-refractivity contribution in [3.63, 3.8) is 0 Å². The Morgan fingerprint density at radius 3 is 2.38 bits per heavy atom. The Morgan fingerprint density at radius 1 is 1.08 bits per heavy atom. The molecular weight excluding hydrogens is 160 g/mol. The minimum absolute atomic E-state index is 1.24. The Bertz CT molecular complexity index is 119. The molecule has 78 valence electrons. The van der Waals surface area contributed by atoms with Crippen molar-refractivity contribution in [3.05, 3.63) is 0 Å². The molecule has 0 bridgehead atoms. The van der Waals surface area contributed by atoms with Gasteiger partial charge >= 0.3 is 0 Å². The van der Waals surface area contributed by atoms with Gasteiger partial charge in [-0.15, -0.1) is 0 Å². The van der Waals surface area contributed by atoms with Gasteiger partial charge in [-0.05, 0) is 45.9 Å². The summed E-state index contributed by atoms with van der Waals surface area (Å²) in [5.41, 5.74) is 0. The molecule has 1 aliphatic rings. The Balaban J connectivity index is 2.03. The molecule has 0 aromatic heterocycles. The summed E-state index contributed by atoms with van der Waals surface area (Å²) in [7, 11) is 2.23. The van der Waals surface area contributed by atoms with E-state index in [-0.39, 0.29) is 0 Å². The number of hydrogen-bond acceptors (Lipinski definition) is 2. The van der Waals surface area contributed by atoms with E-state index in [0.717, 1.165) is 0 Å². The number of piperidine rings is 1. The van der Waals surface area contributed by atoms with E-state index in [1.807, 2.05) is 0 Å². The molecule has 0 amide bonds. The van der Waals surface area contributed by atoms with Crippen molar-refractivity contribution < 1.29 is 0 Å². The second-order valence-corrected chi connectivity index (χ2v) is 4.21. The van der Waals surface area contributed by atoms with Crippen LogP contribution in [0, 0.1) is 0 Å². The van der Waals surface area contributed by atoms with E-state index in [0.29, 0.717) is 0 Å². The Labute approximate surface area is 82.9 Å². The lowest BCUT2D eigenvalue weighted by molar-refractivity contribution is 0.196. The van der Waals surface area contributed by atoms with Crippen molar-refractivity contribution in [1.29, 1.82) is 0 Å². The van der Waals surface area contributed by atoms with E-state index >= 15 is 0 Å². The van der Waals surface area contributed by atoms with Gasteiger partial charge in [-0.2, -0.15) is 0 Å². The Kier molecular flexibility index (Phi) is 5.40. The third-order valence-electron chi connectivity index (χ3n) is 2.85. The maximum Gasteiger partial charge on any atom is 0.0109 e. The monoisotopic (exact) mass is 184 g/mol. The van der Waals surface area contributed by atoms with E-state index in [1.54, 1.807) is 0 Å². The first kappa shape index (κ1) is 11.0. The number of hydrogen-bond donors (Lipinski definition) is 0. The standard InChI is InChI=1S/C11H24N2/c1-3-7-12(2)10-11-13-8-5-4-6-9-13/h3-11H2,1-2H3. The van der Waals surface area contributed by atoms with E-state index in [2.05, 4.69) is 23.8 Å². The van der Waals surface area contributed by atoms with Crippen LogP contribution in [0.1, 0.15) is 32.6 Å².